The van der Waals surface area contributed by atoms with E-state index in [1.165, 1.54) is 83.3 Å². The molecule has 6 atom stereocenters. The fourth-order valence-corrected chi connectivity index (χ4v) is 12.8. The van der Waals surface area contributed by atoms with Crippen molar-refractivity contribution in [2.75, 3.05) is 4.90 Å². The molecule has 2 heteroatoms. The van der Waals surface area contributed by atoms with Crippen molar-refractivity contribution in [3.8, 4) is 22.6 Å². The van der Waals surface area contributed by atoms with Gasteiger partial charge < -0.3 is 9.64 Å². The molecule has 2 bridgehead atoms. The summed E-state index contributed by atoms with van der Waals surface area (Å²) in [6, 6.07) is 43.4. The minimum atomic E-state index is 0.0569. The van der Waals surface area contributed by atoms with Crippen molar-refractivity contribution in [3.05, 3.63) is 138 Å². The standard InChI is InChI=1S/C48H47NO/c1-45(2)21-22-46(3,4)40-27-35(16-19-37(40)45)49(34-13-9-6-10-14-34)36-17-20-39-42(28-36)50-41-25-32(31-11-7-5-8-12-31)15-18-38(41)48(39)43-24-30-23-33-26-44(48)47(33,43)29-30/h5-20,25,27-28,30,33,43-44H,21-24,26,29H2,1-4H3. The van der Waals surface area contributed by atoms with Crippen molar-refractivity contribution < 1.29 is 4.74 Å². The summed E-state index contributed by atoms with van der Waals surface area (Å²) < 4.78 is 7.15. The van der Waals surface area contributed by atoms with Crippen molar-refractivity contribution in [2.45, 2.75) is 82.5 Å². The largest absolute Gasteiger partial charge is 0.457 e. The maximum absolute atomic E-state index is 7.15. The maximum atomic E-state index is 7.15. The van der Waals surface area contributed by atoms with Gasteiger partial charge in [-0.2, -0.15) is 0 Å². The number of ether oxygens (including phenoxy) is 1. The molecule has 0 radical (unpaired) electrons. The lowest BCUT2D eigenvalue weighted by Crippen LogP contribution is -2.74. The molecule has 1 aliphatic heterocycles. The number of hydrogen-bond donors (Lipinski definition) is 0. The maximum Gasteiger partial charge on any atom is 0.133 e. The molecule has 11 rings (SSSR count). The molecular formula is C48H47NO. The molecular weight excluding hydrogens is 607 g/mol. The number of benzene rings is 5. The second-order valence-corrected chi connectivity index (χ2v) is 18.1. The molecule has 0 N–H and O–H groups in total. The highest BCUT2D eigenvalue weighted by atomic mass is 16.5. The molecule has 50 heavy (non-hydrogen) atoms. The molecule has 5 aromatic rings. The van der Waals surface area contributed by atoms with Crippen molar-refractivity contribution in [1.82, 2.24) is 0 Å². The van der Waals surface area contributed by atoms with E-state index in [0.717, 1.165) is 40.9 Å². The van der Waals surface area contributed by atoms with Gasteiger partial charge in [-0.25, -0.2) is 0 Å². The van der Waals surface area contributed by atoms with E-state index in [1.54, 1.807) is 0 Å². The first kappa shape index (κ1) is 29.4. The van der Waals surface area contributed by atoms with Crippen molar-refractivity contribution in [3.63, 3.8) is 0 Å². The minimum absolute atomic E-state index is 0.0569. The summed E-state index contributed by atoms with van der Waals surface area (Å²) in [5, 5.41) is 0. The minimum Gasteiger partial charge on any atom is -0.457 e. The summed E-state index contributed by atoms with van der Waals surface area (Å²) in [5.74, 6) is 5.44. The number of fused-ring (bicyclic) bond motifs is 8. The average molecular weight is 654 g/mol. The van der Waals surface area contributed by atoms with E-state index in [4.69, 9.17) is 4.74 Å². The lowest BCUT2D eigenvalue weighted by molar-refractivity contribution is -0.235. The average Bonchev–Trinajstić information content (AvgIpc) is 3.66. The van der Waals surface area contributed by atoms with E-state index in [-0.39, 0.29) is 16.2 Å². The van der Waals surface area contributed by atoms with Crippen LogP contribution >= 0.6 is 0 Å². The van der Waals surface area contributed by atoms with Crippen LogP contribution in [0.2, 0.25) is 0 Å². The van der Waals surface area contributed by atoms with E-state index in [0.29, 0.717) is 5.41 Å². The van der Waals surface area contributed by atoms with Gasteiger partial charge in [0.1, 0.15) is 11.5 Å². The summed E-state index contributed by atoms with van der Waals surface area (Å²) in [5.41, 5.74) is 12.9. The van der Waals surface area contributed by atoms with E-state index in [2.05, 4.69) is 148 Å². The Morgan fingerprint density at radius 3 is 1.90 bits per heavy atom. The fourth-order valence-electron chi connectivity index (χ4n) is 12.8. The molecule has 1 heterocycles. The van der Waals surface area contributed by atoms with Crippen molar-refractivity contribution in [2.24, 2.45) is 29.1 Å². The van der Waals surface area contributed by atoms with Gasteiger partial charge in [0.05, 0.1) is 0 Å². The van der Waals surface area contributed by atoms with Crippen molar-refractivity contribution >= 4 is 17.1 Å². The second-order valence-electron chi connectivity index (χ2n) is 18.1. The zero-order chi connectivity index (χ0) is 33.6. The number of para-hydroxylation sites is 1. The lowest BCUT2D eigenvalue weighted by atomic mass is 9.26. The first-order valence-electron chi connectivity index (χ1n) is 19.2. The predicted octanol–water partition coefficient (Wildman–Crippen LogP) is 12.6. The summed E-state index contributed by atoms with van der Waals surface area (Å²) in [6.07, 6.45) is 8.12. The Bertz CT molecular complexity index is 2200. The van der Waals surface area contributed by atoms with Crippen LogP contribution < -0.4 is 9.64 Å². The molecule has 2 spiro atoms. The van der Waals surface area contributed by atoms with Crippen LogP contribution in [0.3, 0.4) is 0 Å². The SMILES string of the molecule is CC1(C)CCC(C)(C)c2cc(N(c3ccccc3)c3ccc4c(c3)Oc3cc(-c5ccccc5)ccc3C43C4CC5CC6CC3C64C5)ccc21. The number of nitrogens with zero attached hydrogens (tertiary/aromatic N) is 1. The Morgan fingerprint density at radius 1 is 0.540 bits per heavy atom. The third kappa shape index (κ3) is 3.60. The highest BCUT2D eigenvalue weighted by Gasteiger charge is 2.84. The Labute approximate surface area is 297 Å². The predicted molar refractivity (Wildman–Crippen MR) is 204 cm³/mol. The molecule has 0 aromatic heterocycles. The van der Waals surface area contributed by atoms with Crippen LogP contribution in [0.25, 0.3) is 11.1 Å². The van der Waals surface area contributed by atoms with Crippen LogP contribution in [0.5, 0.6) is 11.5 Å². The van der Waals surface area contributed by atoms with Gasteiger partial charge in [-0.05, 0) is 137 Å². The molecule has 4 saturated carbocycles. The highest BCUT2D eigenvalue weighted by Crippen LogP contribution is 2.89. The molecule has 0 saturated heterocycles. The highest BCUT2D eigenvalue weighted by molar-refractivity contribution is 5.80. The van der Waals surface area contributed by atoms with Crippen LogP contribution in [-0.4, -0.2) is 0 Å². The fraction of sp³-hybridized carbons (Fsp3) is 0.375. The summed E-state index contributed by atoms with van der Waals surface area (Å²) in [4.78, 5) is 2.46. The van der Waals surface area contributed by atoms with Gasteiger partial charge in [0, 0.05) is 39.7 Å². The van der Waals surface area contributed by atoms with Crippen LogP contribution in [-0.2, 0) is 16.2 Å². The van der Waals surface area contributed by atoms with Gasteiger partial charge in [-0.1, -0.05) is 100 Å². The van der Waals surface area contributed by atoms with E-state index in [9.17, 15) is 0 Å². The molecule has 5 aromatic carbocycles. The smallest absolute Gasteiger partial charge is 0.133 e. The van der Waals surface area contributed by atoms with Crippen LogP contribution in [0.15, 0.2) is 115 Å². The van der Waals surface area contributed by atoms with E-state index >= 15 is 0 Å². The summed E-state index contributed by atoms with van der Waals surface area (Å²) >= 11 is 0. The van der Waals surface area contributed by atoms with Crippen LogP contribution in [0.4, 0.5) is 17.1 Å². The zero-order valence-corrected chi connectivity index (χ0v) is 29.9. The molecule has 6 unspecified atom stereocenters. The van der Waals surface area contributed by atoms with Crippen molar-refractivity contribution in [1.29, 1.82) is 0 Å². The van der Waals surface area contributed by atoms with Gasteiger partial charge in [0.15, 0.2) is 0 Å². The molecule has 4 fully saturated rings. The molecule has 250 valence electrons. The number of hydrogen-bond acceptors (Lipinski definition) is 2. The lowest BCUT2D eigenvalue weighted by Gasteiger charge is -2.77. The summed E-state index contributed by atoms with van der Waals surface area (Å²) in [7, 11) is 0. The van der Waals surface area contributed by atoms with Gasteiger partial charge in [-0.15, -0.1) is 0 Å². The van der Waals surface area contributed by atoms with Crippen LogP contribution in [0, 0.1) is 29.1 Å². The molecule has 2 nitrogen and oxygen atoms in total. The zero-order valence-electron chi connectivity index (χ0n) is 29.9. The van der Waals surface area contributed by atoms with Gasteiger partial charge in [0.2, 0.25) is 0 Å². The van der Waals surface area contributed by atoms with E-state index in [1.807, 2.05) is 0 Å². The van der Waals surface area contributed by atoms with Crippen LogP contribution in [0.1, 0.15) is 88.5 Å². The Balaban J connectivity index is 1.09. The first-order chi connectivity index (χ1) is 24.2. The topological polar surface area (TPSA) is 12.5 Å². The number of rotatable bonds is 4. The van der Waals surface area contributed by atoms with Gasteiger partial charge >= 0.3 is 0 Å². The normalized spacial score (nSPS) is 31.0. The Morgan fingerprint density at radius 2 is 1.16 bits per heavy atom. The molecule has 6 aliphatic rings. The first-order valence-corrected chi connectivity index (χ1v) is 19.2. The Kier molecular flexibility index (Phi) is 5.72. The van der Waals surface area contributed by atoms with Gasteiger partial charge in [-0.3, -0.25) is 0 Å². The quantitative estimate of drug-likeness (QED) is 0.191. The number of anilines is 3. The molecule has 5 aliphatic carbocycles. The third-order valence-corrected chi connectivity index (χ3v) is 15.0. The summed E-state index contributed by atoms with van der Waals surface area (Å²) in [6.45, 7) is 9.69. The third-order valence-electron chi connectivity index (χ3n) is 15.0. The molecule has 0 amide bonds. The van der Waals surface area contributed by atoms with E-state index < -0.39 is 0 Å². The monoisotopic (exact) mass is 653 g/mol. The van der Waals surface area contributed by atoms with Gasteiger partial charge in [0.25, 0.3) is 0 Å². The second kappa shape index (κ2) is 9.72. The Hall–Kier alpha value is -4.30.